The molecule has 3 aromatic rings. The van der Waals surface area contributed by atoms with Gasteiger partial charge in [-0.2, -0.15) is 0 Å². The Morgan fingerprint density at radius 1 is 1.10 bits per heavy atom. The molecule has 6 heteroatoms. The summed E-state index contributed by atoms with van der Waals surface area (Å²) in [6, 6.07) is 15.1. The highest BCUT2D eigenvalue weighted by Gasteiger charge is 2.30. The van der Waals surface area contributed by atoms with Crippen LogP contribution < -0.4 is 14.2 Å². The molecular weight excluding hydrogens is 451 g/mol. The van der Waals surface area contributed by atoms with Crippen molar-refractivity contribution < 1.29 is 23.4 Å². The Bertz CT molecular complexity index is 1150. The van der Waals surface area contributed by atoms with Crippen LogP contribution in [0.4, 0.5) is 4.39 Å². The van der Waals surface area contributed by atoms with Gasteiger partial charge in [-0.25, -0.2) is 4.39 Å². The number of methoxy groups -OCH3 is 1. The summed E-state index contributed by atoms with van der Waals surface area (Å²) in [6.07, 6.45) is 1.67. The second kappa shape index (κ2) is 8.32. The highest BCUT2D eigenvalue weighted by Crippen LogP contribution is 2.38. The van der Waals surface area contributed by atoms with Crippen molar-refractivity contribution in [1.29, 1.82) is 0 Å². The fourth-order valence-corrected chi connectivity index (χ4v) is 3.65. The molecule has 152 valence electrons. The second-order valence-electron chi connectivity index (χ2n) is 6.85. The zero-order chi connectivity index (χ0) is 21.3. The molecule has 1 aliphatic heterocycles. The number of ether oxygens (including phenoxy) is 3. The number of allylic oxidation sites excluding steroid dienone is 1. The molecule has 4 rings (SSSR count). The van der Waals surface area contributed by atoms with Gasteiger partial charge in [-0.1, -0.05) is 28.1 Å². The van der Waals surface area contributed by atoms with Crippen LogP contribution in [0.1, 0.15) is 27.0 Å². The molecule has 0 spiro atoms. The van der Waals surface area contributed by atoms with Gasteiger partial charge in [0.15, 0.2) is 5.76 Å². The smallest absolute Gasteiger partial charge is 0.232 e. The fraction of sp³-hybridized carbons (Fsp3) is 0.125. The summed E-state index contributed by atoms with van der Waals surface area (Å²) in [5.74, 6) is 1.41. The third kappa shape index (κ3) is 4.09. The number of carbonyl (C=O) groups is 1. The first-order valence-electron chi connectivity index (χ1n) is 9.24. The normalized spacial score (nSPS) is 13.9. The van der Waals surface area contributed by atoms with Gasteiger partial charge in [-0.3, -0.25) is 4.79 Å². The van der Waals surface area contributed by atoms with E-state index < -0.39 is 0 Å². The van der Waals surface area contributed by atoms with Gasteiger partial charge >= 0.3 is 0 Å². The van der Waals surface area contributed by atoms with Gasteiger partial charge in [0.1, 0.15) is 29.7 Å². The van der Waals surface area contributed by atoms with Crippen molar-refractivity contribution in [3.05, 3.63) is 92.9 Å². The molecule has 0 atom stereocenters. The van der Waals surface area contributed by atoms with Gasteiger partial charge in [0.25, 0.3) is 0 Å². The van der Waals surface area contributed by atoms with Gasteiger partial charge < -0.3 is 14.2 Å². The van der Waals surface area contributed by atoms with E-state index >= 15 is 0 Å². The first kappa shape index (κ1) is 20.2. The van der Waals surface area contributed by atoms with E-state index in [1.165, 1.54) is 12.1 Å². The number of Topliss-reactive ketones (excluding diaryl/α,β-unsaturated/α-hetero) is 1. The standard InChI is InChI=1S/C24H18BrFO4/c1-14-9-19(29-13-15-3-6-18(26)7-4-15)12-21-23(14)24(27)22(30-21)11-16-10-17(25)5-8-20(16)28-2/h3-12H,13H2,1-2H3/b22-11-. The largest absolute Gasteiger partial charge is 0.496 e. The van der Waals surface area contributed by atoms with Crippen molar-refractivity contribution in [2.45, 2.75) is 13.5 Å². The van der Waals surface area contributed by atoms with Gasteiger partial charge in [0, 0.05) is 16.1 Å². The summed E-state index contributed by atoms with van der Waals surface area (Å²) in [6.45, 7) is 2.12. The third-order valence-corrected chi connectivity index (χ3v) is 5.23. The number of ketones is 1. The monoisotopic (exact) mass is 468 g/mol. The summed E-state index contributed by atoms with van der Waals surface area (Å²) >= 11 is 3.43. The summed E-state index contributed by atoms with van der Waals surface area (Å²) in [7, 11) is 1.58. The Labute approximate surface area is 182 Å². The molecular formula is C24H18BrFO4. The lowest BCUT2D eigenvalue weighted by Gasteiger charge is -2.09. The van der Waals surface area contributed by atoms with E-state index in [4.69, 9.17) is 14.2 Å². The first-order chi connectivity index (χ1) is 14.4. The molecule has 0 saturated heterocycles. The SMILES string of the molecule is COc1ccc(Br)cc1/C=C1\Oc2cc(OCc3ccc(F)cc3)cc(C)c2C1=O. The van der Waals surface area contributed by atoms with Crippen molar-refractivity contribution in [3.63, 3.8) is 0 Å². The Hall–Kier alpha value is -3.12. The average Bonchev–Trinajstić information content (AvgIpc) is 3.03. The zero-order valence-corrected chi connectivity index (χ0v) is 18.0. The number of aryl methyl sites for hydroxylation is 1. The topological polar surface area (TPSA) is 44.8 Å². The number of carbonyl (C=O) groups excluding carboxylic acids is 1. The molecule has 0 unspecified atom stereocenters. The van der Waals surface area contributed by atoms with E-state index in [1.807, 2.05) is 25.1 Å². The molecule has 0 N–H and O–H groups in total. The number of fused-ring (bicyclic) bond motifs is 1. The van der Waals surface area contributed by atoms with E-state index in [9.17, 15) is 9.18 Å². The van der Waals surface area contributed by atoms with Gasteiger partial charge in [-0.05, 0) is 60.5 Å². The third-order valence-electron chi connectivity index (χ3n) is 4.74. The lowest BCUT2D eigenvalue weighted by atomic mass is 10.0. The predicted molar refractivity (Wildman–Crippen MR) is 116 cm³/mol. The molecule has 3 aromatic carbocycles. The minimum Gasteiger partial charge on any atom is -0.496 e. The summed E-state index contributed by atoms with van der Waals surface area (Å²) in [4.78, 5) is 12.9. The molecule has 30 heavy (non-hydrogen) atoms. The lowest BCUT2D eigenvalue weighted by molar-refractivity contribution is 0.101. The number of benzene rings is 3. The number of hydrogen-bond acceptors (Lipinski definition) is 4. The Kier molecular flexibility index (Phi) is 5.59. The molecule has 0 bridgehead atoms. The molecule has 0 saturated carbocycles. The summed E-state index contributed by atoms with van der Waals surface area (Å²) < 4.78 is 31.0. The zero-order valence-electron chi connectivity index (χ0n) is 16.4. The number of halogens is 2. The van der Waals surface area contributed by atoms with Crippen LogP contribution in [0.15, 0.2) is 64.8 Å². The molecule has 1 heterocycles. The fourth-order valence-electron chi connectivity index (χ4n) is 3.27. The minimum atomic E-state index is -0.291. The van der Waals surface area contributed by atoms with Crippen LogP contribution in [0.5, 0.6) is 17.2 Å². The van der Waals surface area contributed by atoms with E-state index in [0.717, 1.165) is 21.2 Å². The Morgan fingerprint density at radius 2 is 1.87 bits per heavy atom. The van der Waals surface area contributed by atoms with Crippen molar-refractivity contribution in [2.75, 3.05) is 7.11 Å². The van der Waals surface area contributed by atoms with Crippen LogP contribution in [0.3, 0.4) is 0 Å². The summed E-state index contributed by atoms with van der Waals surface area (Å²) in [5.41, 5.74) is 2.85. The van der Waals surface area contributed by atoms with E-state index in [1.54, 1.807) is 37.5 Å². The van der Waals surface area contributed by atoms with E-state index in [0.29, 0.717) is 22.8 Å². The molecule has 0 amide bonds. The molecule has 1 aliphatic rings. The van der Waals surface area contributed by atoms with Crippen LogP contribution in [0.25, 0.3) is 6.08 Å². The number of hydrogen-bond donors (Lipinski definition) is 0. The van der Waals surface area contributed by atoms with Crippen molar-refractivity contribution in [2.24, 2.45) is 0 Å². The highest BCUT2D eigenvalue weighted by molar-refractivity contribution is 9.10. The minimum absolute atomic E-state index is 0.186. The maximum atomic E-state index is 13.0. The first-order valence-corrected chi connectivity index (χ1v) is 10.0. The van der Waals surface area contributed by atoms with Crippen molar-refractivity contribution >= 4 is 27.8 Å². The van der Waals surface area contributed by atoms with Gasteiger partial charge in [0.2, 0.25) is 5.78 Å². The van der Waals surface area contributed by atoms with Gasteiger partial charge in [-0.15, -0.1) is 0 Å². The predicted octanol–water partition coefficient (Wildman–Crippen LogP) is 6.10. The average molecular weight is 469 g/mol. The molecule has 0 fully saturated rings. The molecule has 0 aromatic heterocycles. The Balaban J connectivity index is 1.59. The van der Waals surface area contributed by atoms with Crippen LogP contribution >= 0.6 is 15.9 Å². The maximum Gasteiger partial charge on any atom is 0.232 e. The van der Waals surface area contributed by atoms with E-state index in [-0.39, 0.29) is 24.0 Å². The van der Waals surface area contributed by atoms with Crippen molar-refractivity contribution in [1.82, 2.24) is 0 Å². The molecule has 0 aliphatic carbocycles. The summed E-state index contributed by atoms with van der Waals surface area (Å²) in [5, 5.41) is 0. The van der Waals surface area contributed by atoms with E-state index in [2.05, 4.69) is 15.9 Å². The number of rotatable bonds is 5. The molecule has 4 nitrogen and oxygen atoms in total. The quantitative estimate of drug-likeness (QED) is 0.424. The Morgan fingerprint density at radius 3 is 2.60 bits per heavy atom. The lowest BCUT2D eigenvalue weighted by Crippen LogP contribution is -2.00. The van der Waals surface area contributed by atoms with Crippen molar-refractivity contribution in [3.8, 4) is 17.2 Å². The molecule has 0 radical (unpaired) electrons. The van der Waals surface area contributed by atoms with Gasteiger partial charge in [0.05, 0.1) is 12.7 Å². The second-order valence-corrected chi connectivity index (χ2v) is 7.77. The van der Waals surface area contributed by atoms with Crippen LogP contribution in [-0.4, -0.2) is 12.9 Å². The van der Waals surface area contributed by atoms with Crippen LogP contribution in [0.2, 0.25) is 0 Å². The highest BCUT2D eigenvalue weighted by atomic mass is 79.9. The van der Waals surface area contributed by atoms with Crippen LogP contribution in [0, 0.1) is 12.7 Å². The van der Waals surface area contributed by atoms with Crippen LogP contribution in [-0.2, 0) is 6.61 Å². The maximum absolute atomic E-state index is 13.0.